The lowest BCUT2D eigenvalue weighted by Gasteiger charge is -2.22. The Morgan fingerprint density at radius 1 is 1.40 bits per heavy atom. The van der Waals surface area contributed by atoms with Gasteiger partial charge in [-0.25, -0.2) is 4.98 Å². The quantitative estimate of drug-likeness (QED) is 0.778. The molecule has 0 unspecified atom stereocenters. The number of carbonyl (C=O) groups excluding carboxylic acids is 1. The highest BCUT2D eigenvalue weighted by molar-refractivity contribution is 7.11. The third-order valence-electron chi connectivity index (χ3n) is 4.85. The van der Waals surface area contributed by atoms with Crippen LogP contribution in [-0.4, -0.2) is 22.6 Å². The lowest BCUT2D eigenvalue weighted by Crippen LogP contribution is -2.32. The van der Waals surface area contributed by atoms with Crippen molar-refractivity contribution in [1.82, 2.24) is 14.9 Å². The van der Waals surface area contributed by atoms with Crippen molar-refractivity contribution in [3.05, 3.63) is 45.5 Å². The molecule has 1 aromatic carbocycles. The van der Waals surface area contributed by atoms with E-state index in [0.717, 1.165) is 46.6 Å². The highest BCUT2D eigenvalue weighted by Crippen LogP contribution is 2.33. The van der Waals surface area contributed by atoms with Crippen molar-refractivity contribution < 1.29 is 9.53 Å². The molecule has 1 amide bonds. The maximum absolute atomic E-state index is 12.9. The van der Waals surface area contributed by atoms with Gasteiger partial charge in [0.05, 0.1) is 23.9 Å². The van der Waals surface area contributed by atoms with Crippen LogP contribution in [0.2, 0.25) is 0 Å². The second kappa shape index (κ2) is 6.19. The van der Waals surface area contributed by atoms with E-state index in [1.54, 1.807) is 18.4 Å². The molecular formula is C19H21N3O2S. The van der Waals surface area contributed by atoms with Crippen LogP contribution in [0.1, 0.15) is 45.0 Å². The zero-order valence-electron chi connectivity index (χ0n) is 14.6. The van der Waals surface area contributed by atoms with Crippen LogP contribution >= 0.6 is 11.3 Å². The molecule has 1 N–H and O–H groups in total. The number of nitrogens with zero attached hydrogens (tertiary/aromatic N) is 2. The summed E-state index contributed by atoms with van der Waals surface area (Å²) in [4.78, 5) is 18.9. The monoisotopic (exact) mass is 355 g/mol. The molecule has 1 atom stereocenters. The molecule has 2 heterocycles. The van der Waals surface area contributed by atoms with Gasteiger partial charge in [0.15, 0.2) is 0 Å². The minimum atomic E-state index is -0.0545. The van der Waals surface area contributed by atoms with Crippen molar-refractivity contribution in [2.45, 2.75) is 32.2 Å². The van der Waals surface area contributed by atoms with Crippen LogP contribution in [0.4, 0.5) is 0 Å². The topological polar surface area (TPSA) is 56.1 Å². The molecule has 0 fully saturated rings. The van der Waals surface area contributed by atoms with E-state index >= 15 is 0 Å². The average Bonchev–Trinajstić information content (AvgIpc) is 3.14. The van der Waals surface area contributed by atoms with Gasteiger partial charge >= 0.3 is 0 Å². The van der Waals surface area contributed by atoms with Crippen molar-refractivity contribution in [3.63, 3.8) is 0 Å². The number of carbonyl (C=O) groups is 1. The van der Waals surface area contributed by atoms with E-state index < -0.39 is 0 Å². The normalized spacial score (nSPS) is 16.7. The second-order valence-corrected chi connectivity index (χ2v) is 7.76. The van der Waals surface area contributed by atoms with Crippen LogP contribution < -0.4 is 10.1 Å². The molecule has 25 heavy (non-hydrogen) atoms. The smallest absolute Gasteiger partial charge is 0.268 e. The fourth-order valence-electron chi connectivity index (χ4n) is 3.59. The number of hydrogen-bond acceptors (Lipinski definition) is 4. The number of thiazole rings is 1. The molecule has 5 nitrogen and oxygen atoms in total. The van der Waals surface area contributed by atoms with Gasteiger partial charge < -0.3 is 14.6 Å². The van der Waals surface area contributed by atoms with E-state index in [1.165, 1.54) is 4.88 Å². The van der Waals surface area contributed by atoms with Crippen molar-refractivity contribution in [1.29, 1.82) is 0 Å². The van der Waals surface area contributed by atoms with E-state index in [4.69, 9.17) is 4.74 Å². The van der Waals surface area contributed by atoms with Crippen LogP contribution in [0, 0.1) is 6.92 Å². The van der Waals surface area contributed by atoms with E-state index in [2.05, 4.69) is 10.3 Å². The first-order chi connectivity index (χ1) is 12.1. The number of hydrogen-bond donors (Lipinski definition) is 1. The number of rotatable bonds is 3. The van der Waals surface area contributed by atoms with E-state index in [1.807, 2.05) is 42.8 Å². The summed E-state index contributed by atoms with van der Waals surface area (Å²) >= 11 is 1.75. The van der Waals surface area contributed by atoms with Gasteiger partial charge in [-0.3, -0.25) is 4.79 Å². The SMILES string of the molecule is COc1ccc2c(c1)cc(C(=O)N[C@H]1CCCc3sc(C)nc31)n2C. The van der Waals surface area contributed by atoms with E-state index in [-0.39, 0.29) is 11.9 Å². The summed E-state index contributed by atoms with van der Waals surface area (Å²) in [7, 11) is 3.57. The predicted octanol–water partition coefficient (Wildman–Crippen LogP) is 3.76. The number of aromatic nitrogens is 2. The Labute approximate surface area is 150 Å². The summed E-state index contributed by atoms with van der Waals surface area (Å²) in [6.45, 7) is 2.03. The van der Waals surface area contributed by atoms with E-state index in [0.29, 0.717) is 5.69 Å². The average molecular weight is 355 g/mol. The second-order valence-electron chi connectivity index (χ2n) is 6.47. The third-order valence-corrected chi connectivity index (χ3v) is 5.90. The Balaban J connectivity index is 1.63. The molecule has 6 heteroatoms. The molecule has 0 spiro atoms. The number of methoxy groups -OCH3 is 1. The van der Waals surface area contributed by atoms with Gasteiger partial charge in [-0.2, -0.15) is 0 Å². The first kappa shape index (κ1) is 16.1. The summed E-state index contributed by atoms with van der Waals surface area (Å²) in [5.41, 5.74) is 2.73. The minimum absolute atomic E-state index is 0.00810. The number of benzene rings is 1. The van der Waals surface area contributed by atoms with E-state index in [9.17, 15) is 4.79 Å². The van der Waals surface area contributed by atoms with Gasteiger partial charge in [-0.1, -0.05) is 0 Å². The molecule has 0 radical (unpaired) electrons. The minimum Gasteiger partial charge on any atom is -0.497 e. The summed E-state index contributed by atoms with van der Waals surface area (Å²) in [5, 5.41) is 5.26. The fraction of sp³-hybridized carbons (Fsp3) is 0.368. The molecule has 3 aromatic rings. The molecule has 1 aliphatic carbocycles. The number of nitrogens with one attached hydrogen (secondary N) is 1. The Bertz CT molecular complexity index is 957. The van der Waals surface area contributed by atoms with Crippen LogP contribution in [0.15, 0.2) is 24.3 Å². The first-order valence-corrected chi connectivity index (χ1v) is 9.29. The number of aryl methyl sites for hydroxylation is 3. The first-order valence-electron chi connectivity index (χ1n) is 8.47. The Morgan fingerprint density at radius 3 is 3.04 bits per heavy atom. The van der Waals surface area contributed by atoms with Crippen LogP contribution in [0.3, 0.4) is 0 Å². The van der Waals surface area contributed by atoms with Gasteiger partial charge in [0.25, 0.3) is 5.91 Å². The van der Waals surface area contributed by atoms with Gasteiger partial charge in [-0.15, -0.1) is 11.3 Å². The van der Waals surface area contributed by atoms with Crippen molar-refractivity contribution in [3.8, 4) is 5.75 Å². The van der Waals surface area contributed by atoms with Gasteiger partial charge in [0.1, 0.15) is 11.4 Å². The van der Waals surface area contributed by atoms with Gasteiger partial charge in [0.2, 0.25) is 0 Å². The maximum Gasteiger partial charge on any atom is 0.268 e. The van der Waals surface area contributed by atoms with Crippen LogP contribution in [0.5, 0.6) is 5.75 Å². The number of ether oxygens (including phenoxy) is 1. The predicted molar refractivity (Wildman–Crippen MR) is 99.5 cm³/mol. The maximum atomic E-state index is 12.9. The zero-order valence-corrected chi connectivity index (χ0v) is 15.4. The molecule has 130 valence electrons. The van der Waals surface area contributed by atoms with Gasteiger partial charge in [0, 0.05) is 22.8 Å². The van der Waals surface area contributed by atoms with Crippen molar-refractivity contribution >= 4 is 28.1 Å². The molecule has 0 saturated heterocycles. The number of fused-ring (bicyclic) bond motifs is 2. The highest BCUT2D eigenvalue weighted by atomic mass is 32.1. The number of amides is 1. The van der Waals surface area contributed by atoms with Crippen LogP contribution in [-0.2, 0) is 13.5 Å². The lowest BCUT2D eigenvalue weighted by atomic mass is 9.97. The summed E-state index contributed by atoms with van der Waals surface area (Å²) in [6, 6.07) is 7.77. The summed E-state index contributed by atoms with van der Waals surface area (Å²) in [5.74, 6) is 0.737. The van der Waals surface area contributed by atoms with Gasteiger partial charge in [-0.05, 0) is 50.5 Å². The molecule has 2 aromatic heterocycles. The fourth-order valence-corrected chi connectivity index (χ4v) is 4.62. The highest BCUT2D eigenvalue weighted by Gasteiger charge is 2.26. The molecular weight excluding hydrogens is 334 g/mol. The van der Waals surface area contributed by atoms with Crippen LogP contribution in [0.25, 0.3) is 10.9 Å². The van der Waals surface area contributed by atoms with Crippen molar-refractivity contribution in [2.24, 2.45) is 7.05 Å². The Hall–Kier alpha value is -2.34. The standard InChI is InChI=1S/C19H21N3O2S/c1-11-20-18-14(5-4-6-17(18)25-11)21-19(23)16-10-12-9-13(24-3)7-8-15(12)22(16)2/h7-10,14H,4-6H2,1-3H3,(H,21,23)/t14-/m0/s1. The molecule has 0 aliphatic heterocycles. The summed E-state index contributed by atoms with van der Waals surface area (Å²) < 4.78 is 7.21. The molecule has 1 aliphatic rings. The molecule has 0 saturated carbocycles. The Kier molecular flexibility index (Phi) is 4.00. The zero-order chi connectivity index (χ0) is 17.6. The molecule has 0 bridgehead atoms. The van der Waals surface area contributed by atoms with Crippen molar-refractivity contribution in [2.75, 3.05) is 7.11 Å². The third kappa shape index (κ3) is 2.80. The summed E-state index contributed by atoms with van der Waals surface area (Å²) in [6.07, 6.45) is 3.10. The largest absolute Gasteiger partial charge is 0.497 e. The lowest BCUT2D eigenvalue weighted by molar-refractivity contribution is 0.0924. The Morgan fingerprint density at radius 2 is 2.24 bits per heavy atom. The molecule has 4 rings (SSSR count).